The third-order valence-electron chi connectivity index (χ3n) is 7.12. The first kappa shape index (κ1) is 24.6. The molecule has 7 nitrogen and oxygen atoms in total. The number of hydrogen-bond donors (Lipinski definition) is 1. The average Bonchev–Trinajstić information content (AvgIpc) is 3.33. The van der Waals surface area contributed by atoms with E-state index in [1.54, 1.807) is 6.07 Å². The van der Waals surface area contributed by atoms with Gasteiger partial charge < -0.3 is 5.32 Å². The van der Waals surface area contributed by atoms with Gasteiger partial charge in [-0.15, -0.1) is 0 Å². The monoisotopic (exact) mass is 547 g/mol. The lowest BCUT2D eigenvalue weighted by atomic mass is 9.76. The number of fused-ring (bicyclic) bond motifs is 3. The van der Waals surface area contributed by atoms with Gasteiger partial charge in [-0.3, -0.25) is 23.7 Å². The quantitative estimate of drug-likeness (QED) is 0.372. The van der Waals surface area contributed by atoms with E-state index in [2.05, 4.69) is 5.32 Å². The highest BCUT2D eigenvalue weighted by Gasteiger charge is 2.59. The molecular formula is C28H22FN3O4S2. The number of rotatable bonds is 4. The molecule has 0 bridgehead atoms. The number of carbonyl (C=O) groups excluding carboxylic acids is 3. The first-order chi connectivity index (χ1) is 18.1. The van der Waals surface area contributed by atoms with Gasteiger partial charge in [0.2, 0.25) is 17.7 Å². The summed E-state index contributed by atoms with van der Waals surface area (Å²) in [6, 6.07) is 18.6. The number of nitrogens with zero attached hydrogens (tertiary/aromatic N) is 2. The maximum absolute atomic E-state index is 13.5. The molecule has 3 aromatic carbocycles. The number of carbonyl (C=O) groups is 3. The molecule has 1 saturated heterocycles. The molecule has 0 spiro atoms. The summed E-state index contributed by atoms with van der Waals surface area (Å²) in [6.07, 6.45) is 0. The van der Waals surface area contributed by atoms with Gasteiger partial charge in [-0.05, 0) is 47.2 Å². The summed E-state index contributed by atoms with van der Waals surface area (Å²) in [5, 5.41) is 4.65. The van der Waals surface area contributed by atoms with Crippen LogP contribution in [0.25, 0.3) is 10.8 Å². The van der Waals surface area contributed by atoms with E-state index in [0.29, 0.717) is 21.3 Å². The van der Waals surface area contributed by atoms with Gasteiger partial charge in [-0.2, -0.15) is 0 Å². The number of nitrogens with one attached hydrogen (secondary N) is 1. The van der Waals surface area contributed by atoms with E-state index in [-0.39, 0.29) is 23.2 Å². The van der Waals surface area contributed by atoms with E-state index in [4.69, 9.17) is 0 Å². The summed E-state index contributed by atoms with van der Waals surface area (Å²) in [6.45, 7) is 3.47. The highest BCUT2D eigenvalue weighted by atomic mass is 32.2. The fraction of sp³-hybridized carbons (Fsp3) is 0.214. The zero-order valence-corrected chi connectivity index (χ0v) is 22.1. The van der Waals surface area contributed by atoms with Crippen LogP contribution in [-0.4, -0.2) is 27.5 Å². The Morgan fingerprint density at radius 1 is 0.974 bits per heavy atom. The van der Waals surface area contributed by atoms with Crippen molar-refractivity contribution >= 4 is 63.0 Å². The Morgan fingerprint density at radius 3 is 2.42 bits per heavy atom. The normalized spacial score (nSPS) is 19.9. The Hall–Kier alpha value is -3.76. The summed E-state index contributed by atoms with van der Waals surface area (Å²) in [4.78, 5) is 54.4. The summed E-state index contributed by atoms with van der Waals surface area (Å²) >= 11 is 2.15. The van der Waals surface area contributed by atoms with Gasteiger partial charge in [-0.25, -0.2) is 9.29 Å². The molecule has 3 heterocycles. The molecule has 6 rings (SSSR count). The molecule has 2 atom stereocenters. The van der Waals surface area contributed by atoms with Crippen molar-refractivity contribution in [3.8, 4) is 0 Å². The van der Waals surface area contributed by atoms with Crippen LogP contribution in [0.2, 0.25) is 0 Å². The number of thiazole rings is 1. The molecule has 1 fully saturated rings. The van der Waals surface area contributed by atoms with Gasteiger partial charge in [0.15, 0.2) is 0 Å². The molecule has 10 heteroatoms. The van der Waals surface area contributed by atoms with Gasteiger partial charge in [0.1, 0.15) is 17.6 Å². The highest BCUT2D eigenvalue weighted by Crippen LogP contribution is 2.54. The van der Waals surface area contributed by atoms with Gasteiger partial charge in [-0.1, -0.05) is 67.3 Å². The molecule has 1 aromatic heterocycles. The summed E-state index contributed by atoms with van der Waals surface area (Å²) in [5.41, 5.74) is 0.101. The molecule has 38 heavy (non-hydrogen) atoms. The van der Waals surface area contributed by atoms with Crippen molar-refractivity contribution in [2.45, 2.75) is 36.1 Å². The van der Waals surface area contributed by atoms with E-state index in [1.807, 2.05) is 50.2 Å². The lowest BCUT2D eigenvalue weighted by molar-refractivity contribution is -0.123. The predicted molar refractivity (Wildman–Crippen MR) is 146 cm³/mol. The standard InChI is InChI=1S/C28H22FN3O4S2/c1-28(2)21-22(25(35)32(24(21)34)19-11-8-17(29)9-12-19)37-26-23(28)38-27(36)31(26)14-20(33)30-18-10-7-15-5-3-4-6-16(15)13-18/h3-13,21-22H,14H2,1-2H3,(H,30,33)/t21-,22+/m1/s1. The molecule has 3 amide bonds. The van der Waals surface area contributed by atoms with E-state index >= 15 is 0 Å². The predicted octanol–water partition coefficient (Wildman–Crippen LogP) is 4.78. The summed E-state index contributed by atoms with van der Waals surface area (Å²) < 4.78 is 14.8. The first-order valence-corrected chi connectivity index (χ1v) is 13.7. The number of amides is 3. The number of aromatic nitrogens is 1. The number of anilines is 2. The maximum Gasteiger partial charge on any atom is 0.308 e. The van der Waals surface area contributed by atoms with Crippen LogP contribution in [0.3, 0.4) is 0 Å². The summed E-state index contributed by atoms with van der Waals surface area (Å²) in [7, 11) is 0. The first-order valence-electron chi connectivity index (χ1n) is 12.0. The van der Waals surface area contributed by atoms with E-state index < -0.39 is 28.3 Å². The Labute approximate surface area is 225 Å². The van der Waals surface area contributed by atoms with Crippen molar-refractivity contribution in [2.24, 2.45) is 5.92 Å². The van der Waals surface area contributed by atoms with Gasteiger partial charge in [0, 0.05) is 16.0 Å². The summed E-state index contributed by atoms with van der Waals surface area (Å²) in [5.74, 6) is -2.33. The zero-order chi connectivity index (χ0) is 26.8. The lowest BCUT2D eigenvalue weighted by Gasteiger charge is -2.36. The van der Waals surface area contributed by atoms with Crippen molar-refractivity contribution in [2.75, 3.05) is 10.2 Å². The molecule has 2 aliphatic rings. The van der Waals surface area contributed by atoms with Crippen LogP contribution in [0.4, 0.5) is 15.8 Å². The number of halogens is 1. The van der Waals surface area contributed by atoms with E-state index in [1.165, 1.54) is 28.8 Å². The van der Waals surface area contributed by atoms with E-state index in [0.717, 1.165) is 38.8 Å². The second kappa shape index (κ2) is 8.92. The minimum absolute atomic E-state index is 0.220. The third kappa shape index (κ3) is 3.86. The van der Waals surface area contributed by atoms with Crippen molar-refractivity contribution in [1.29, 1.82) is 0 Å². The molecule has 4 aromatic rings. The molecule has 0 radical (unpaired) electrons. The average molecular weight is 548 g/mol. The van der Waals surface area contributed by atoms with Crippen molar-refractivity contribution < 1.29 is 18.8 Å². The van der Waals surface area contributed by atoms with Crippen LogP contribution in [0.15, 0.2) is 76.6 Å². The number of benzene rings is 3. The molecule has 0 unspecified atom stereocenters. The number of hydrogen-bond acceptors (Lipinski definition) is 6. The Bertz CT molecular complexity index is 1690. The van der Waals surface area contributed by atoms with Crippen molar-refractivity contribution in [1.82, 2.24) is 4.57 Å². The SMILES string of the molecule is CC1(C)c2sc(=O)n(CC(=O)Nc3ccc4ccccc4c3)c2S[C@@H]2C(=O)N(c3ccc(F)cc3)C(=O)[C@@H]21. The van der Waals surface area contributed by atoms with Crippen molar-refractivity contribution in [3.63, 3.8) is 0 Å². The largest absolute Gasteiger partial charge is 0.325 e. The smallest absolute Gasteiger partial charge is 0.308 e. The van der Waals surface area contributed by atoms with Gasteiger partial charge in [0.25, 0.3) is 0 Å². The minimum Gasteiger partial charge on any atom is -0.325 e. The minimum atomic E-state index is -0.823. The fourth-order valence-corrected chi connectivity index (χ4v) is 8.26. The molecule has 0 aliphatic carbocycles. The molecule has 0 saturated carbocycles. The zero-order valence-electron chi connectivity index (χ0n) is 20.4. The third-order valence-corrected chi connectivity index (χ3v) is 9.95. The van der Waals surface area contributed by atoms with Crippen molar-refractivity contribution in [3.05, 3.63) is 87.1 Å². The second-order valence-corrected chi connectivity index (χ2v) is 12.0. The molecule has 192 valence electrons. The maximum atomic E-state index is 13.5. The lowest BCUT2D eigenvalue weighted by Crippen LogP contribution is -2.41. The molecular weight excluding hydrogens is 525 g/mol. The Morgan fingerprint density at radius 2 is 1.68 bits per heavy atom. The fourth-order valence-electron chi connectivity index (χ4n) is 5.22. The van der Waals surface area contributed by atoms with Crippen LogP contribution in [0, 0.1) is 11.7 Å². The van der Waals surface area contributed by atoms with Crippen LogP contribution >= 0.6 is 23.1 Å². The molecule has 2 aliphatic heterocycles. The number of thioether (sulfide) groups is 1. The molecule has 1 N–H and O–H groups in total. The highest BCUT2D eigenvalue weighted by molar-refractivity contribution is 8.00. The van der Waals surface area contributed by atoms with Crippen LogP contribution < -0.4 is 15.1 Å². The Balaban J connectivity index is 1.29. The second-order valence-electron chi connectivity index (χ2n) is 9.92. The van der Waals surface area contributed by atoms with E-state index in [9.17, 15) is 23.6 Å². The Kier molecular flexibility index (Phi) is 5.77. The van der Waals surface area contributed by atoms with Crippen LogP contribution in [-0.2, 0) is 26.3 Å². The van der Waals surface area contributed by atoms with Crippen LogP contribution in [0.5, 0.6) is 0 Å². The van der Waals surface area contributed by atoms with Crippen LogP contribution in [0.1, 0.15) is 18.7 Å². The van der Waals surface area contributed by atoms with Gasteiger partial charge in [0.05, 0.1) is 16.6 Å². The van der Waals surface area contributed by atoms with Gasteiger partial charge >= 0.3 is 4.87 Å². The topological polar surface area (TPSA) is 88.5 Å². The number of imide groups is 1.